The molecule has 0 aromatic carbocycles. The fourth-order valence-electron chi connectivity index (χ4n) is 2.58. The van der Waals surface area contributed by atoms with Gasteiger partial charge in [-0.3, -0.25) is 4.98 Å². The molecule has 1 saturated heterocycles. The highest BCUT2D eigenvalue weighted by Gasteiger charge is 2.22. The quantitative estimate of drug-likeness (QED) is 0.834. The molecule has 1 aliphatic heterocycles. The Bertz CT molecular complexity index is 527. The Morgan fingerprint density at radius 1 is 1.42 bits per heavy atom. The van der Waals surface area contributed by atoms with E-state index in [1.54, 1.807) is 12.4 Å². The van der Waals surface area contributed by atoms with E-state index in [4.69, 9.17) is 4.52 Å². The first-order chi connectivity index (χ1) is 9.31. The summed E-state index contributed by atoms with van der Waals surface area (Å²) in [7, 11) is 0. The number of nitrogens with zero attached hydrogens (tertiary/aromatic N) is 5. The molecule has 3 rings (SSSR count). The van der Waals surface area contributed by atoms with Gasteiger partial charge in [0, 0.05) is 38.8 Å². The van der Waals surface area contributed by atoms with Crippen LogP contribution in [0, 0.1) is 12.8 Å². The van der Waals surface area contributed by atoms with Crippen LogP contribution in [0.1, 0.15) is 24.6 Å². The van der Waals surface area contributed by atoms with E-state index in [1.807, 2.05) is 13.1 Å². The lowest BCUT2D eigenvalue weighted by molar-refractivity contribution is 0.369. The molecule has 6 heteroatoms. The summed E-state index contributed by atoms with van der Waals surface area (Å²) in [4.78, 5) is 15.1. The van der Waals surface area contributed by atoms with Gasteiger partial charge in [0.2, 0.25) is 5.89 Å². The Hall–Kier alpha value is -1.98. The predicted molar refractivity (Wildman–Crippen MR) is 69.7 cm³/mol. The number of aryl methyl sites for hydroxylation is 1. The fraction of sp³-hybridized carbons (Fsp3) is 0.538. The van der Waals surface area contributed by atoms with Crippen molar-refractivity contribution in [1.82, 2.24) is 20.1 Å². The van der Waals surface area contributed by atoms with Crippen molar-refractivity contribution in [2.75, 3.05) is 18.0 Å². The zero-order valence-corrected chi connectivity index (χ0v) is 11.0. The highest BCUT2D eigenvalue weighted by Crippen LogP contribution is 2.23. The topological polar surface area (TPSA) is 67.9 Å². The molecule has 1 atom stereocenters. The molecule has 2 aromatic rings. The molecule has 0 spiro atoms. The molecule has 0 saturated carbocycles. The molecule has 3 heterocycles. The van der Waals surface area contributed by atoms with Crippen LogP contribution in [0.4, 0.5) is 5.82 Å². The Morgan fingerprint density at radius 2 is 2.37 bits per heavy atom. The number of hydrogen-bond acceptors (Lipinski definition) is 6. The lowest BCUT2D eigenvalue weighted by atomic mass is 9.94. The summed E-state index contributed by atoms with van der Waals surface area (Å²) in [5.74, 6) is 2.95. The molecule has 0 bridgehead atoms. The van der Waals surface area contributed by atoms with Crippen molar-refractivity contribution in [2.24, 2.45) is 5.92 Å². The molecule has 0 N–H and O–H groups in total. The summed E-state index contributed by atoms with van der Waals surface area (Å²) in [6, 6.07) is 0. The molecule has 2 aromatic heterocycles. The Balaban J connectivity index is 1.65. The average molecular weight is 259 g/mol. The van der Waals surface area contributed by atoms with Crippen LogP contribution >= 0.6 is 0 Å². The van der Waals surface area contributed by atoms with Crippen molar-refractivity contribution in [3.63, 3.8) is 0 Å². The van der Waals surface area contributed by atoms with Crippen LogP contribution < -0.4 is 4.90 Å². The van der Waals surface area contributed by atoms with Gasteiger partial charge in [-0.05, 0) is 18.8 Å². The van der Waals surface area contributed by atoms with Crippen LogP contribution in [0.15, 0.2) is 23.1 Å². The van der Waals surface area contributed by atoms with E-state index in [1.165, 1.54) is 6.42 Å². The summed E-state index contributed by atoms with van der Waals surface area (Å²) < 4.78 is 5.02. The second kappa shape index (κ2) is 5.34. The molecular formula is C13H17N5O. The van der Waals surface area contributed by atoms with Gasteiger partial charge in [-0.15, -0.1) is 0 Å². The van der Waals surface area contributed by atoms with Gasteiger partial charge in [0.05, 0.1) is 6.20 Å². The van der Waals surface area contributed by atoms with Crippen molar-refractivity contribution < 1.29 is 4.52 Å². The lowest BCUT2D eigenvalue weighted by Gasteiger charge is -2.32. The van der Waals surface area contributed by atoms with Crippen molar-refractivity contribution in [3.05, 3.63) is 30.3 Å². The molecule has 6 nitrogen and oxygen atoms in total. The van der Waals surface area contributed by atoms with Gasteiger partial charge in [-0.25, -0.2) is 4.98 Å². The van der Waals surface area contributed by atoms with Crippen LogP contribution in [0.25, 0.3) is 0 Å². The molecule has 19 heavy (non-hydrogen) atoms. The van der Waals surface area contributed by atoms with Crippen LogP contribution in [-0.4, -0.2) is 33.2 Å². The minimum atomic E-state index is 0.549. The van der Waals surface area contributed by atoms with E-state index < -0.39 is 0 Å². The molecule has 0 radical (unpaired) electrons. The second-order valence-electron chi connectivity index (χ2n) is 4.95. The maximum absolute atomic E-state index is 5.02. The number of aromatic nitrogens is 4. The summed E-state index contributed by atoms with van der Waals surface area (Å²) in [5.41, 5.74) is 0. The predicted octanol–water partition coefficient (Wildman–Crippen LogP) is 1.63. The summed E-state index contributed by atoms with van der Waals surface area (Å²) in [6.07, 6.45) is 8.49. The summed E-state index contributed by atoms with van der Waals surface area (Å²) in [5, 5.41) is 3.98. The van der Waals surface area contributed by atoms with Crippen LogP contribution in [0.5, 0.6) is 0 Å². The van der Waals surface area contributed by atoms with Gasteiger partial charge in [0.25, 0.3) is 0 Å². The number of hydrogen-bond donors (Lipinski definition) is 0. The highest BCUT2D eigenvalue weighted by atomic mass is 16.5. The number of piperidine rings is 1. The SMILES string of the molecule is Cc1nc(C[C@H]2CCCN(c3cnccn3)C2)no1. The Kier molecular flexibility index (Phi) is 3.39. The standard InChI is InChI=1S/C13H17N5O/c1-10-16-12(17-19-10)7-11-3-2-6-18(9-11)13-8-14-4-5-15-13/h4-5,8,11H,2-3,6-7,9H2,1H3/t11-/m1/s1. The van der Waals surface area contributed by atoms with E-state index in [0.717, 1.165) is 37.6 Å². The molecule has 0 unspecified atom stereocenters. The third-order valence-electron chi connectivity index (χ3n) is 3.43. The molecule has 100 valence electrons. The van der Waals surface area contributed by atoms with Gasteiger partial charge in [0.15, 0.2) is 5.82 Å². The van der Waals surface area contributed by atoms with E-state index >= 15 is 0 Å². The van der Waals surface area contributed by atoms with E-state index in [9.17, 15) is 0 Å². The zero-order valence-electron chi connectivity index (χ0n) is 11.0. The first-order valence-electron chi connectivity index (χ1n) is 6.61. The molecular weight excluding hydrogens is 242 g/mol. The Morgan fingerprint density at radius 3 is 3.11 bits per heavy atom. The summed E-state index contributed by atoms with van der Waals surface area (Å²) >= 11 is 0. The molecule has 1 fully saturated rings. The largest absolute Gasteiger partial charge is 0.355 e. The smallest absolute Gasteiger partial charge is 0.223 e. The van der Waals surface area contributed by atoms with E-state index in [2.05, 4.69) is 25.0 Å². The van der Waals surface area contributed by atoms with Crippen LogP contribution in [0.3, 0.4) is 0 Å². The van der Waals surface area contributed by atoms with Crippen molar-refractivity contribution >= 4 is 5.82 Å². The van der Waals surface area contributed by atoms with E-state index in [-0.39, 0.29) is 0 Å². The van der Waals surface area contributed by atoms with Crippen molar-refractivity contribution in [1.29, 1.82) is 0 Å². The van der Waals surface area contributed by atoms with Crippen LogP contribution in [0.2, 0.25) is 0 Å². The first-order valence-corrected chi connectivity index (χ1v) is 6.61. The van der Waals surface area contributed by atoms with Gasteiger partial charge in [-0.2, -0.15) is 4.98 Å². The first kappa shape index (κ1) is 12.1. The second-order valence-corrected chi connectivity index (χ2v) is 4.95. The number of anilines is 1. The lowest BCUT2D eigenvalue weighted by Crippen LogP contribution is -2.36. The molecule has 0 aliphatic carbocycles. The summed E-state index contributed by atoms with van der Waals surface area (Å²) in [6.45, 7) is 3.84. The molecule has 0 amide bonds. The minimum absolute atomic E-state index is 0.549. The van der Waals surface area contributed by atoms with Crippen LogP contribution in [-0.2, 0) is 6.42 Å². The zero-order chi connectivity index (χ0) is 13.1. The Labute approximate surface area is 111 Å². The monoisotopic (exact) mass is 259 g/mol. The number of rotatable bonds is 3. The van der Waals surface area contributed by atoms with Gasteiger partial charge >= 0.3 is 0 Å². The maximum atomic E-state index is 5.02. The van der Waals surface area contributed by atoms with Gasteiger partial charge in [0.1, 0.15) is 5.82 Å². The molecule has 1 aliphatic rings. The average Bonchev–Trinajstić information content (AvgIpc) is 2.85. The highest BCUT2D eigenvalue weighted by molar-refractivity contribution is 5.35. The van der Waals surface area contributed by atoms with Gasteiger partial charge in [-0.1, -0.05) is 5.16 Å². The third kappa shape index (κ3) is 2.89. The minimum Gasteiger partial charge on any atom is -0.355 e. The van der Waals surface area contributed by atoms with Crippen molar-refractivity contribution in [3.8, 4) is 0 Å². The van der Waals surface area contributed by atoms with E-state index in [0.29, 0.717) is 11.8 Å². The normalized spacial score (nSPS) is 19.6. The fourth-order valence-corrected chi connectivity index (χ4v) is 2.58. The maximum Gasteiger partial charge on any atom is 0.223 e. The van der Waals surface area contributed by atoms with Gasteiger partial charge < -0.3 is 9.42 Å². The van der Waals surface area contributed by atoms with Crippen molar-refractivity contribution in [2.45, 2.75) is 26.2 Å². The third-order valence-corrected chi connectivity index (χ3v) is 3.43.